The van der Waals surface area contributed by atoms with Crippen molar-refractivity contribution in [3.05, 3.63) is 36.7 Å². The highest BCUT2D eigenvalue weighted by Gasteiger charge is 1.76. The molecule has 0 amide bonds. The zero-order valence-electron chi connectivity index (χ0n) is 4.54. The monoisotopic (exact) mass is 121 g/mol. The molecular weight excluding hydrogens is 110 g/mol. The second-order valence-corrected chi connectivity index (χ2v) is 1.48. The fourth-order valence-electron chi connectivity index (χ4n) is 0.500. The van der Waals surface area contributed by atoms with Crippen LogP contribution in [0.4, 0.5) is 0 Å². The van der Waals surface area contributed by atoms with Crippen LogP contribution in [0.1, 0.15) is 13.0 Å². The quantitative estimate of drug-likeness (QED) is 0.555. The SMILES string of the molecule is C.C=Cc1ccncc1. The van der Waals surface area contributed by atoms with Crippen molar-refractivity contribution in [3.63, 3.8) is 0 Å². The van der Waals surface area contributed by atoms with Crippen LogP contribution in [0.25, 0.3) is 6.08 Å². The predicted octanol–water partition coefficient (Wildman–Crippen LogP) is 2.36. The van der Waals surface area contributed by atoms with Crippen LogP contribution in [0.5, 0.6) is 0 Å². The van der Waals surface area contributed by atoms with Crippen LogP contribution in [0.2, 0.25) is 0 Å². The average Bonchev–Trinajstić information content (AvgIpc) is 1.90. The third-order valence-corrected chi connectivity index (χ3v) is 0.942. The van der Waals surface area contributed by atoms with E-state index in [1.54, 1.807) is 18.5 Å². The zero-order valence-corrected chi connectivity index (χ0v) is 4.54. The Morgan fingerprint density at radius 1 is 1.33 bits per heavy atom. The van der Waals surface area contributed by atoms with Crippen molar-refractivity contribution in [2.24, 2.45) is 0 Å². The Morgan fingerprint density at radius 2 is 1.89 bits per heavy atom. The molecule has 1 heterocycles. The number of hydrogen-bond acceptors (Lipinski definition) is 1. The molecule has 1 nitrogen and oxygen atoms in total. The predicted molar refractivity (Wildman–Crippen MR) is 41.1 cm³/mol. The van der Waals surface area contributed by atoms with E-state index in [1.807, 2.05) is 12.1 Å². The maximum absolute atomic E-state index is 3.85. The van der Waals surface area contributed by atoms with Crippen molar-refractivity contribution >= 4 is 6.08 Å². The first-order valence-corrected chi connectivity index (χ1v) is 2.46. The van der Waals surface area contributed by atoms with Gasteiger partial charge in [0.15, 0.2) is 0 Å². The van der Waals surface area contributed by atoms with Gasteiger partial charge in [-0.05, 0) is 17.7 Å². The highest BCUT2D eigenvalue weighted by Crippen LogP contribution is 1.94. The molecule has 0 radical (unpaired) electrons. The summed E-state index contributed by atoms with van der Waals surface area (Å²) in [6.07, 6.45) is 5.29. The van der Waals surface area contributed by atoms with Crippen molar-refractivity contribution in [3.8, 4) is 0 Å². The number of pyridine rings is 1. The average molecular weight is 121 g/mol. The van der Waals surface area contributed by atoms with E-state index in [0.717, 1.165) is 5.56 Å². The van der Waals surface area contributed by atoms with Crippen molar-refractivity contribution in [2.45, 2.75) is 7.43 Å². The minimum Gasteiger partial charge on any atom is -0.265 e. The van der Waals surface area contributed by atoms with Gasteiger partial charge in [0, 0.05) is 12.4 Å². The van der Waals surface area contributed by atoms with Gasteiger partial charge < -0.3 is 0 Å². The van der Waals surface area contributed by atoms with E-state index in [4.69, 9.17) is 0 Å². The van der Waals surface area contributed by atoms with Crippen molar-refractivity contribution in [2.75, 3.05) is 0 Å². The lowest BCUT2D eigenvalue weighted by atomic mass is 10.3. The fraction of sp³-hybridized carbons (Fsp3) is 0.125. The van der Waals surface area contributed by atoms with Crippen LogP contribution < -0.4 is 0 Å². The molecule has 0 aromatic carbocycles. The van der Waals surface area contributed by atoms with Crippen LogP contribution in [0.3, 0.4) is 0 Å². The summed E-state index contributed by atoms with van der Waals surface area (Å²) in [7, 11) is 0. The lowest BCUT2D eigenvalue weighted by Gasteiger charge is -1.84. The molecule has 0 aliphatic heterocycles. The molecule has 0 bridgehead atoms. The van der Waals surface area contributed by atoms with E-state index in [0.29, 0.717) is 0 Å². The molecule has 1 rings (SSSR count). The maximum Gasteiger partial charge on any atom is 0.0273 e. The second kappa shape index (κ2) is 3.84. The molecule has 0 saturated carbocycles. The van der Waals surface area contributed by atoms with Gasteiger partial charge in [-0.25, -0.2) is 0 Å². The molecule has 9 heavy (non-hydrogen) atoms. The van der Waals surface area contributed by atoms with Gasteiger partial charge in [-0.2, -0.15) is 0 Å². The Labute approximate surface area is 56.1 Å². The molecule has 0 unspecified atom stereocenters. The molecule has 0 saturated heterocycles. The number of aromatic nitrogens is 1. The molecule has 1 heteroatoms. The highest BCUT2D eigenvalue weighted by atomic mass is 14.6. The van der Waals surface area contributed by atoms with E-state index in [2.05, 4.69) is 11.6 Å². The van der Waals surface area contributed by atoms with Crippen LogP contribution in [0.15, 0.2) is 31.1 Å². The summed E-state index contributed by atoms with van der Waals surface area (Å²) >= 11 is 0. The van der Waals surface area contributed by atoms with E-state index in [-0.39, 0.29) is 7.43 Å². The molecular formula is C8H11N. The Hall–Kier alpha value is -1.11. The zero-order chi connectivity index (χ0) is 5.82. The summed E-state index contributed by atoms with van der Waals surface area (Å²) < 4.78 is 0. The molecule has 48 valence electrons. The maximum atomic E-state index is 3.85. The van der Waals surface area contributed by atoms with E-state index in [1.165, 1.54) is 0 Å². The minimum atomic E-state index is 0. The molecule has 0 spiro atoms. The normalized spacial score (nSPS) is 7.56. The van der Waals surface area contributed by atoms with Gasteiger partial charge in [-0.1, -0.05) is 20.1 Å². The van der Waals surface area contributed by atoms with Crippen molar-refractivity contribution < 1.29 is 0 Å². The molecule has 1 aromatic rings. The first-order chi connectivity index (χ1) is 3.93. The second-order valence-electron chi connectivity index (χ2n) is 1.48. The molecule has 0 aliphatic carbocycles. The third-order valence-electron chi connectivity index (χ3n) is 0.942. The summed E-state index contributed by atoms with van der Waals surface area (Å²) in [5, 5.41) is 0. The summed E-state index contributed by atoms with van der Waals surface area (Å²) in [4.78, 5) is 3.85. The topological polar surface area (TPSA) is 12.9 Å². The lowest BCUT2D eigenvalue weighted by molar-refractivity contribution is 1.32. The third kappa shape index (κ3) is 2.08. The van der Waals surface area contributed by atoms with Gasteiger partial charge >= 0.3 is 0 Å². The standard InChI is InChI=1S/C7H7N.CH4/c1-2-7-3-5-8-6-4-7;/h2-6H,1H2;1H4. The highest BCUT2D eigenvalue weighted by molar-refractivity contribution is 5.44. The molecule has 0 fully saturated rings. The Balaban J connectivity index is 0.000000640. The Kier molecular flexibility index (Phi) is 3.37. The summed E-state index contributed by atoms with van der Waals surface area (Å²) in [5.41, 5.74) is 1.11. The van der Waals surface area contributed by atoms with E-state index < -0.39 is 0 Å². The Morgan fingerprint density at radius 3 is 2.22 bits per heavy atom. The van der Waals surface area contributed by atoms with Crippen LogP contribution in [-0.2, 0) is 0 Å². The molecule has 0 N–H and O–H groups in total. The van der Waals surface area contributed by atoms with Gasteiger partial charge in [0.1, 0.15) is 0 Å². The summed E-state index contributed by atoms with van der Waals surface area (Å²) in [5.74, 6) is 0. The number of rotatable bonds is 1. The molecule has 0 aliphatic rings. The van der Waals surface area contributed by atoms with Crippen LogP contribution in [0, 0.1) is 0 Å². The first-order valence-electron chi connectivity index (χ1n) is 2.46. The smallest absolute Gasteiger partial charge is 0.0273 e. The summed E-state index contributed by atoms with van der Waals surface area (Å²) in [6, 6.07) is 3.82. The fourth-order valence-corrected chi connectivity index (χ4v) is 0.500. The largest absolute Gasteiger partial charge is 0.265 e. The Bertz CT molecular complexity index is 167. The minimum absolute atomic E-state index is 0. The van der Waals surface area contributed by atoms with E-state index >= 15 is 0 Å². The van der Waals surface area contributed by atoms with Crippen LogP contribution >= 0.6 is 0 Å². The van der Waals surface area contributed by atoms with Crippen molar-refractivity contribution in [1.29, 1.82) is 0 Å². The van der Waals surface area contributed by atoms with Gasteiger partial charge in [0.05, 0.1) is 0 Å². The van der Waals surface area contributed by atoms with Gasteiger partial charge in [-0.15, -0.1) is 0 Å². The van der Waals surface area contributed by atoms with Gasteiger partial charge in [0.2, 0.25) is 0 Å². The van der Waals surface area contributed by atoms with Gasteiger partial charge in [-0.3, -0.25) is 4.98 Å². The number of nitrogens with zero attached hydrogens (tertiary/aromatic N) is 1. The van der Waals surface area contributed by atoms with Crippen LogP contribution in [-0.4, -0.2) is 4.98 Å². The number of hydrogen-bond donors (Lipinski definition) is 0. The molecule has 1 aromatic heterocycles. The lowest BCUT2D eigenvalue weighted by Crippen LogP contribution is -1.69. The van der Waals surface area contributed by atoms with E-state index in [9.17, 15) is 0 Å². The summed E-state index contributed by atoms with van der Waals surface area (Å²) in [6.45, 7) is 3.60. The van der Waals surface area contributed by atoms with Crippen molar-refractivity contribution in [1.82, 2.24) is 4.98 Å². The molecule has 0 atom stereocenters. The van der Waals surface area contributed by atoms with Gasteiger partial charge in [0.25, 0.3) is 0 Å². The first kappa shape index (κ1) is 7.89.